The predicted octanol–water partition coefficient (Wildman–Crippen LogP) is 5.06. The number of likely N-dealkylation sites (tertiary alicyclic amines) is 2. The van der Waals surface area contributed by atoms with Crippen molar-refractivity contribution >= 4 is 29.5 Å². The summed E-state index contributed by atoms with van der Waals surface area (Å²) in [5.41, 5.74) is 2.64. The maximum absolute atomic E-state index is 13.5. The van der Waals surface area contributed by atoms with Crippen molar-refractivity contribution in [3.05, 3.63) is 101 Å². The molecule has 3 fully saturated rings. The SMILES string of the molecule is O=C(NCC1CCN(C(=O)OCc2ccccc2)CC1)c1cc(Cl)ccc1C1CCN(CCN2C(=O)[C]OC3C=CC=CC32)CC1. The Bertz CT molecular complexity index is 1430. The summed E-state index contributed by atoms with van der Waals surface area (Å²) in [5, 5.41) is 3.70. The number of ether oxygens (including phenoxy) is 2. The molecule has 3 heterocycles. The fraction of sp³-hybridized carbons (Fsp3) is 0.444. The van der Waals surface area contributed by atoms with E-state index in [4.69, 9.17) is 21.1 Å². The van der Waals surface area contributed by atoms with Crippen LogP contribution in [0.15, 0.2) is 72.8 Å². The Morgan fingerprint density at radius 3 is 2.50 bits per heavy atom. The van der Waals surface area contributed by atoms with Gasteiger partial charge < -0.3 is 29.5 Å². The fourth-order valence-corrected chi connectivity index (χ4v) is 6.96. The van der Waals surface area contributed by atoms with Gasteiger partial charge in [0.2, 0.25) is 6.61 Å². The minimum atomic E-state index is -0.292. The van der Waals surface area contributed by atoms with E-state index in [9.17, 15) is 14.4 Å². The molecule has 2 radical (unpaired) electrons. The molecule has 0 aromatic heterocycles. The Morgan fingerprint density at radius 1 is 0.957 bits per heavy atom. The van der Waals surface area contributed by atoms with Crippen LogP contribution in [0.5, 0.6) is 0 Å². The first-order chi connectivity index (χ1) is 22.4. The van der Waals surface area contributed by atoms with Crippen LogP contribution < -0.4 is 5.32 Å². The summed E-state index contributed by atoms with van der Waals surface area (Å²) in [4.78, 5) is 44.5. The van der Waals surface area contributed by atoms with Gasteiger partial charge in [-0.25, -0.2) is 4.79 Å². The molecule has 2 aromatic carbocycles. The normalized spacial score (nSPS) is 22.5. The van der Waals surface area contributed by atoms with Gasteiger partial charge in [-0.15, -0.1) is 0 Å². The molecule has 0 saturated carbocycles. The van der Waals surface area contributed by atoms with E-state index in [-0.39, 0.29) is 48.5 Å². The van der Waals surface area contributed by atoms with Gasteiger partial charge >= 0.3 is 6.09 Å². The summed E-state index contributed by atoms with van der Waals surface area (Å²) in [5.74, 6) is 0.228. The molecule has 2 unspecified atom stereocenters. The average Bonchev–Trinajstić information content (AvgIpc) is 3.10. The maximum Gasteiger partial charge on any atom is 0.410 e. The zero-order valence-electron chi connectivity index (χ0n) is 26.0. The first-order valence-corrected chi connectivity index (χ1v) is 16.7. The number of morpholine rings is 1. The van der Waals surface area contributed by atoms with Crippen LogP contribution in [-0.4, -0.2) is 90.6 Å². The van der Waals surface area contributed by atoms with Crippen LogP contribution in [0.3, 0.4) is 0 Å². The molecule has 2 atom stereocenters. The van der Waals surface area contributed by atoms with Crippen molar-refractivity contribution in [2.75, 3.05) is 45.8 Å². The lowest BCUT2D eigenvalue weighted by molar-refractivity contribution is -0.143. The molecule has 10 heteroatoms. The first-order valence-electron chi connectivity index (χ1n) is 16.3. The van der Waals surface area contributed by atoms with Crippen molar-refractivity contribution < 1.29 is 23.9 Å². The number of fused-ring (bicyclic) bond motifs is 1. The highest BCUT2D eigenvalue weighted by Crippen LogP contribution is 2.32. The third kappa shape index (κ3) is 8.00. The summed E-state index contributed by atoms with van der Waals surface area (Å²) in [7, 11) is 0. The van der Waals surface area contributed by atoms with Gasteiger partial charge in [-0.05, 0) is 73.9 Å². The predicted molar refractivity (Wildman–Crippen MR) is 175 cm³/mol. The summed E-state index contributed by atoms with van der Waals surface area (Å²) < 4.78 is 10.9. The Labute approximate surface area is 276 Å². The van der Waals surface area contributed by atoms with Crippen LogP contribution in [0.25, 0.3) is 0 Å². The third-order valence-electron chi connectivity index (χ3n) is 9.53. The van der Waals surface area contributed by atoms with E-state index in [0.29, 0.717) is 36.8 Å². The Morgan fingerprint density at radius 2 is 1.72 bits per heavy atom. The van der Waals surface area contributed by atoms with Crippen LogP contribution in [0.2, 0.25) is 5.02 Å². The largest absolute Gasteiger partial charge is 0.445 e. The summed E-state index contributed by atoms with van der Waals surface area (Å²) in [6, 6.07) is 15.2. The average molecular weight is 645 g/mol. The van der Waals surface area contributed by atoms with Gasteiger partial charge in [-0.2, -0.15) is 0 Å². The van der Waals surface area contributed by atoms with Crippen molar-refractivity contribution in [2.45, 2.75) is 50.4 Å². The van der Waals surface area contributed by atoms with Gasteiger partial charge in [0.1, 0.15) is 12.7 Å². The lowest BCUT2D eigenvalue weighted by Crippen LogP contribution is -2.54. The quantitative estimate of drug-likeness (QED) is 0.411. The molecule has 0 spiro atoms. The number of piperidine rings is 2. The van der Waals surface area contributed by atoms with E-state index in [1.54, 1.807) is 11.0 Å². The second-order valence-electron chi connectivity index (χ2n) is 12.5. The number of nitrogens with zero attached hydrogens (tertiary/aromatic N) is 3. The number of halogens is 1. The number of allylic oxidation sites excluding steroid dienone is 2. The fourth-order valence-electron chi connectivity index (χ4n) is 6.79. The molecule has 3 saturated heterocycles. The van der Waals surface area contributed by atoms with E-state index < -0.39 is 0 Å². The smallest absolute Gasteiger partial charge is 0.410 e. The van der Waals surface area contributed by atoms with E-state index in [1.165, 1.54) is 0 Å². The van der Waals surface area contributed by atoms with Crippen molar-refractivity contribution in [3.8, 4) is 0 Å². The summed E-state index contributed by atoms with van der Waals surface area (Å²) in [6.07, 6.45) is 10.8. The number of rotatable bonds is 9. The molecule has 9 nitrogen and oxygen atoms in total. The molecular weight excluding hydrogens is 604 g/mol. The minimum absolute atomic E-state index is 0.0968. The van der Waals surface area contributed by atoms with Crippen LogP contribution in [0.4, 0.5) is 4.79 Å². The summed E-state index contributed by atoms with van der Waals surface area (Å²) in [6.45, 7) is 7.73. The first kappa shape index (κ1) is 32.3. The van der Waals surface area contributed by atoms with Crippen LogP contribution in [0.1, 0.15) is 53.1 Å². The van der Waals surface area contributed by atoms with Gasteiger partial charge in [0.15, 0.2) is 0 Å². The molecule has 2 aromatic rings. The highest BCUT2D eigenvalue weighted by molar-refractivity contribution is 6.31. The lowest BCUT2D eigenvalue weighted by Gasteiger charge is -2.40. The highest BCUT2D eigenvalue weighted by Gasteiger charge is 2.36. The van der Waals surface area contributed by atoms with Gasteiger partial charge in [0.05, 0.1) is 6.04 Å². The molecule has 1 N–H and O–H groups in total. The zero-order valence-corrected chi connectivity index (χ0v) is 26.7. The number of carbonyl (C=O) groups excluding carboxylic acids is 3. The molecule has 242 valence electrons. The van der Waals surface area contributed by atoms with Gasteiger partial charge in [0.25, 0.3) is 11.8 Å². The molecule has 1 aliphatic carbocycles. The van der Waals surface area contributed by atoms with Crippen molar-refractivity contribution in [2.24, 2.45) is 5.92 Å². The Kier molecular flexibility index (Phi) is 10.7. The van der Waals surface area contributed by atoms with Crippen molar-refractivity contribution in [1.29, 1.82) is 0 Å². The molecule has 3 amide bonds. The van der Waals surface area contributed by atoms with Crippen LogP contribution in [-0.2, 0) is 20.9 Å². The number of hydrogen-bond donors (Lipinski definition) is 1. The molecular formula is C36H41ClN4O5. The Balaban J connectivity index is 0.956. The maximum atomic E-state index is 13.5. The number of hydrogen-bond acceptors (Lipinski definition) is 6. The Hall–Kier alpha value is -3.66. The van der Waals surface area contributed by atoms with E-state index in [2.05, 4.69) is 16.8 Å². The molecule has 3 aliphatic heterocycles. The third-order valence-corrected chi connectivity index (χ3v) is 9.77. The molecule has 46 heavy (non-hydrogen) atoms. The highest BCUT2D eigenvalue weighted by atomic mass is 35.5. The number of amides is 3. The monoisotopic (exact) mass is 644 g/mol. The molecule has 6 rings (SSSR count). The lowest BCUT2D eigenvalue weighted by atomic mass is 9.86. The van der Waals surface area contributed by atoms with Gasteiger partial charge in [0, 0.05) is 43.3 Å². The number of carbonyl (C=O) groups is 3. The van der Waals surface area contributed by atoms with Crippen LogP contribution >= 0.6 is 11.6 Å². The van der Waals surface area contributed by atoms with E-state index >= 15 is 0 Å². The van der Waals surface area contributed by atoms with Crippen molar-refractivity contribution in [3.63, 3.8) is 0 Å². The second kappa shape index (κ2) is 15.3. The topological polar surface area (TPSA) is 91.4 Å². The zero-order chi connectivity index (χ0) is 31.9. The minimum Gasteiger partial charge on any atom is -0.445 e. The van der Waals surface area contributed by atoms with Crippen molar-refractivity contribution in [1.82, 2.24) is 20.0 Å². The van der Waals surface area contributed by atoms with Gasteiger partial charge in [-0.3, -0.25) is 9.59 Å². The molecule has 4 aliphatic rings. The van der Waals surface area contributed by atoms with Gasteiger partial charge in [-0.1, -0.05) is 72.3 Å². The summed E-state index contributed by atoms with van der Waals surface area (Å²) >= 11 is 6.37. The second-order valence-corrected chi connectivity index (χ2v) is 12.9. The van der Waals surface area contributed by atoms with E-state index in [0.717, 1.165) is 56.4 Å². The standard InChI is InChI=1S/C36H41ClN4O5/c37-29-10-11-30(28-14-16-39(17-15-28)20-21-41-32-8-4-5-9-33(32)45-25-34(41)42)31(22-29)35(43)38-23-26-12-18-40(19-13-26)36(44)46-24-27-6-2-1-3-7-27/h1-11,22,26,28,32-33H,12-21,23-24H2,(H,38,43). The number of benzene rings is 2. The van der Waals surface area contributed by atoms with Crippen LogP contribution in [0, 0.1) is 12.5 Å². The molecule has 0 bridgehead atoms. The number of nitrogens with one attached hydrogen (secondary N) is 1. The van der Waals surface area contributed by atoms with E-state index in [1.807, 2.05) is 71.7 Å².